The van der Waals surface area contributed by atoms with Gasteiger partial charge in [0.1, 0.15) is 13.1 Å². The van der Waals surface area contributed by atoms with Crippen molar-refractivity contribution in [1.29, 1.82) is 0 Å². The number of benzene rings is 2. The second kappa shape index (κ2) is 18.4. The first-order valence-electron chi connectivity index (χ1n) is 14.4. The lowest BCUT2D eigenvalue weighted by atomic mass is 10.1. The molecule has 0 saturated heterocycles. The van der Waals surface area contributed by atoms with E-state index < -0.39 is 0 Å². The van der Waals surface area contributed by atoms with Gasteiger partial charge in [-0.1, -0.05) is 125 Å². The van der Waals surface area contributed by atoms with Crippen molar-refractivity contribution in [2.45, 2.75) is 110 Å². The summed E-state index contributed by atoms with van der Waals surface area (Å²) in [5.41, 5.74) is 2.87. The molecule has 0 saturated carbocycles. The van der Waals surface area contributed by atoms with Crippen LogP contribution in [0.15, 0.2) is 72.8 Å². The van der Waals surface area contributed by atoms with Gasteiger partial charge >= 0.3 is 0 Å². The summed E-state index contributed by atoms with van der Waals surface area (Å²) in [6, 6.07) is 21.9. The highest BCUT2D eigenvalue weighted by Crippen LogP contribution is 2.20. The van der Waals surface area contributed by atoms with Crippen molar-refractivity contribution in [1.82, 2.24) is 0 Å². The molecule has 2 heteroatoms. The number of unbranched alkanes of at least 4 members (excludes halogenated alkanes) is 9. The summed E-state index contributed by atoms with van der Waals surface area (Å²) in [5.74, 6) is 0. The van der Waals surface area contributed by atoms with Gasteiger partial charge in [0.25, 0.3) is 0 Å². The Labute approximate surface area is 216 Å². The van der Waals surface area contributed by atoms with Crippen LogP contribution in [0.4, 0.5) is 0 Å². The smallest absolute Gasteiger partial charge is 0.104 e. The zero-order valence-electron chi connectivity index (χ0n) is 22.7. The molecular formula is C33H52NO+. The highest BCUT2D eigenvalue weighted by atomic mass is 16.3. The van der Waals surface area contributed by atoms with Crippen LogP contribution >= 0.6 is 0 Å². The van der Waals surface area contributed by atoms with Gasteiger partial charge in [0.05, 0.1) is 19.7 Å². The molecule has 0 aliphatic carbocycles. The molecule has 0 radical (unpaired) electrons. The average Bonchev–Trinajstić information content (AvgIpc) is 2.86. The van der Waals surface area contributed by atoms with Crippen LogP contribution in [-0.4, -0.2) is 29.3 Å². The van der Waals surface area contributed by atoms with E-state index in [4.69, 9.17) is 0 Å². The van der Waals surface area contributed by atoms with Gasteiger partial charge < -0.3 is 9.59 Å². The summed E-state index contributed by atoms with van der Waals surface area (Å²) in [7, 11) is 2.43. The molecule has 0 bridgehead atoms. The van der Waals surface area contributed by atoms with Gasteiger partial charge in [0.2, 0.25) is 0 Å². The third-order valence-corrected chi connectivity index (χ3v) is 7.10. The second-order valence-electron chi connectivity index (χ2n) is 10.8. The van der Waals surface area contributed by atoms with E-state index in [9.17, 15) is 5.11 Å². The van der Waals surface area contributed by atoms with Gasteiger partial charge in [0.15, 0.2) is 0 Å². The second-order valence-corrected chi connectivity index (χ2v) is 10.8. The SMILES string of the molecule is CCCCCC[C@@H](O)CC=CCCCCCCCC[N+](C)(Cc1ccccc1)Cc1ccccc1. The number of aliphatic hydroxyl groups excluding tert-OH is 1. The van der Waals surface area contributed by atoms with Crippen LogP contribution in [0, 0.1) is 0 Å². The molecule has 2 aromatic rings. The van der Waals surface area contributed by atoms with Crippen LogP contribution < -0.4 is 0 Å². The Bertz CT molecular complexity index is 729. The Morgan fingerprint density at radius 2 is 1.23 bits per heavy atom. The van der Waals surface area contributed by atoms with Gasteiger partial charge in [-0.15, -0.1) is 0 Å². The van der Waals surface area contributed by atoms with Gasteiger partial charge in [-0.3, -0.25) is 0 Å². The van der Waals surface area contributed by atoms with Crippen LogP contribution in [0.25, 0.3) is 0 Å². The maximum absolute atomic E-state index is 10.0. The van der Waals surface area contributed by atoms with Gasteiger partial charge in [-0.05, 0) is 38.5 Å². The van der Waals surface area contributed by atoms with E-state index in [2.05, 4.69) is 86.8 Å². The van der Waals surface area contributed by atoms with Crippen molar-refractivity contribution >= 4 is 0 Å². The molecule has 0 heterocycles. The lowest BCUT2D eigenvalue weighted by Gasteiger charge is -2.35. The lowest BCUT2D eigenvalue weighted by molar-refractivity contribution is -0.935. The normalized spacial score (nSPS) is 12.9. The number of nitrogens with zero attached hydrogens (tertiary/aromatic N) is 1. The quantitative estimate of drug-likeness (QED) is 0.114. The number of allylic oxidation sites excluding steroid dienone is 1. The summed E-state index contributed by atoms with van der Waals surface area (Å²) in [4.78, 5) is 0. The molecule has 2 nitrogen and oxygen atoms in total. The summed E-state index contributed by atoms with van der Waals surface area (Å²) in [6.07, 6.45) is 20.2. The van der Waals surface area contributed by atoms with Crippen molar-refractivity contribution in [2.24, 2.45) is 0 Å². The zero-order valence-corrected chi connectivity index (χ0v) is 22.7. The molecule has 0 aromatic heterocycles. The highest BCUT2D eigenvalue weighted by molar-refractivity contribution is 5.15. The number of hydrogen-bond donors (Lipinski definition) is 1. The Morgan fingerprint density at radius 1 is 0.686 bits per heavy atom. The van der Waals surface area contributed by atoms with E-state index in [1.807, 2.05) is 0 Å². The molecule has 0 fully saturated rings. The topological polar surface area (TPSA) is 20.2 Å². The molecule has 2 rings (SSSR count). The number of rotatable bonds is 20. The number of quaternary nitrogens is 1. The van der Waals surface area contributed by atoms with E-state index in [-0.39, 0.29) is 6.10 Å². The fourth-order valence-corrected chi connectivity index (χ4v) is 5.02. The number of hydrogen-bond acceptors (Lipinski definition) is 1. The standard InChI is InChI=1S/C33H52NO/c1-3-4-5-19-26-33(35)27-20-11-9-7-6-8-10-12-21-28-34(2,29-31-22-15-13-16-23-31)30-32-24-17-14-18-25-32/h11,13-18,20,22-25,33,35H,3-10,12,19,21,26-30H2,1-2H3/q+1/t33-/m1/s1. The first-order chi connectivity index (χ1) is 17.1. The van der Waals surface area contributed by atoms with Crippen molar-refractivity contribution in [3.63, 3.8) is 0 Å². The van der Waals surface area contributed by atoms with Crippen molar-refractivity contribution in [2.75, 3.05) is 13.6 Å². The molecule has 1 N–H and O–H groups in total. The summed E-state index contributed by atoms with van der Waals surface area (Å²) < 4.78 is 1.07. The Kier molecular flexibility index (Phi) is 15.4. The third-order valence-electron chi connectivity index (χ3n) is 7.10. The third kappa shape index (κ3) is 14.3. The fourth-order valence-electron chi connectivity index (χ4n) is 5.02. The minimum absolute atomic E-state index is 0.143. The molecule has 0 aliphatic heterocycles. The average molecular weight is 479 g/mol. The van der Waals surface area contributed by atoms with Crippen molar-refractivity contribution < 1.29 is 9.59 Å². The van der Waals surface area contributed by atoms with Crippen LogP contribution in [0.2, 0.25) is 0 Å². The Balaban J connectivity index is 1.58. The first-order valence-corrected chi connectivity index (χ1v) is 14.4. The minimum atomic E-state index is -0.143. The number of aliphatic hydroxyl groups is 1. The maximum atomic E-state index is 10.0. The monoisotopic (exact) mass is 478 g/mol. The molecule has 35 heavy (non-hydrogen) atoms. The predicted molar refractivity (Wildman–Crippen MR) is 152 cm³/mol. The molecule has 2 aromatic carbocycles. The predicted octanol–water partition coefficient (Wildman–Crippen LogP) is 8.84. The Morgan fingerprint density at radius 3 is 1.83 bits per heavy atom. The first kappa shape index (κ1) is 29.3. The van der Waals surface area contributed by atoms with E-state index >= 15 is 0 Å². The fraction of sp³-hybridized carbons (Fsp3) is 0.576. The Hall–Kier alpha value is -1.90. The molecule has 0 amide bonds. The summed E-state index contributed by atoms with van der Waals surface area (Å²) >= 11 is 0. The molecular weight excluding hydrogens is 426 g/mol. The molecule has 0 spiro atoms. The molecule has 1 atom stereocenters. The van der Waals surface area contributed by atoms with E-state index in [0.29, 0.717) is 0 Å². The molecule has 0 aliphatic rings. The van der Waals surface area contributed by atoms with Gasteiger partial charge in [-0.2, -0.15) is 0 Å². The minimum Gasteiger partial charge on any atom is -0.393 e. The van der Waals surface area contributed by atoms with Crippen molar-refractivity contribution in [3.8, 4) is 0 Å². The largest absolute Gasteiger partial charge is 0.393 e. The molecule has 0 unspecified atom stereocenters. The van der Waals surface area contributed by atoms with E-state index in [1.165, 1.54) is 81.9 Å². The van der Waals surface area contributed by atoms with Crippen LogP contribution in [0.1, 0.15) is 102 Å². The van der Waals surface area contributed by atoms with E-state index in [0.717, 1.165) is 36.8 Å². The van der Waals surface area contributed by atoms with Crippen LogP contribution in [-0.2, 0) is 13.1 Å². The molecule has 194 valence electrons. The van der Waals surface area contributed by atoms with Crippen LogP contribution in [0.3, 0.4) is 0 Å². The van der Waals surface area contributed by atoms with Gasteiger partial charge in [-0.25, -0.2) is 0 Å². The van der Waals surface area contributed by atoms with Gasteiger partial charge in [0, 0.05) is 11.1 Å². The summed E-state index contributed by atoms with van der Waals surface area (Å²) in [6.45, 7) is 5.65. The zero-order chi connectivity index (χ0) is 25.0. The van der Waals surface area contributed by atoms with E-state index in [1.54, 1.807) is 0 Å². The van der Waals surface area contributed by atoms with Crippen molar-refractivity contribution in [3.05, 3.63) is 83.9 Å². The summed E-state index contributed by atoms with van der Waals surface area (Å²) in [5, 5.41) is 10.0. The lowest BCUT2D eigenvalue weighted by Crippen LogP contribution is -2.43. The van der Waals surface area contributed by atoms with Crippen LogP contribution in [0.5, 0.6) is 0 Å². The maximum Gasteiger partial charge on any atom is 0.104 e. The highest BCUT2D eigenvalue weighted by Gasteiger charge is 2.22.